The molecule has 0 aliphatic heterocycles. The number of hydrogen-bond donors (Lipinski definition) is 1. The summed E-state index contributed by atoms with van der Waals surface area (Å²) < 4.78 is 33.1. The van der Waals surface area contributed by atoms with Crippen molar-refractivity contribution < 1.29 is 22.7 Å². The van der Waals surface area contributed by atoms with Crippen molar-refractivity contribution in [2.24, 2.45) is 0 Å². The molecule has 0 aliphatic rings. The molecule has 7 nitrogen and oxygen atoms in total. The predicted molar refractivity (Wildman–Crippen MR) is 140 cm³/mol. The monoisotopic (exact) mass is 528 g/mol. The van der Waals surface area contributed by atoms with Crippen LogP contribution < -0.4 is 5.32 Å². The highest BCUT2D eigenvalue weighted by molar-refractivity contribution is 7.89. The molecule has 0 atom stereocenters. The molecule has 190 valence electrons. The zero-order valence-corrected chi connectivity index (χ0v) is 21.8. The van der Waals surface area contributed by atoms with E-state index in [-0.39, 0.29) is 11.4 Å². The number of nitrogens with zero attached hydrogens (tertiary/aromatic N) is 1. The van der Waals surface area contributed by atoms with E-state index < -0.39 is 28.4 Å². The molecule has 36 heavy (non-hydrogen) atoms. The van der Waals surface area contributed by atoms with Crippen molar-refractivity contribution in [3.8, 4) is 0 Å². The maximum atomic E-state index is 13.4. The normalized spacial score (nSPS) is 11.3. The van der Waals surface area contributed by atoms with Gasteiger partial charge in [0, 0.05) is 17.3 Å². The quantitative estimate of drug-likeness (QED) is 0.264. The number of aryl methyl sites for hydroxylation is 1. The number of carbonyl (C=O) groups excluding carboxylic acids is 2. The van der Waals surface area contributed by atoms with Crippen LogP contribution in [-0.2, 0) is 26.1 Å². The lowest BCUT2D eigenvalue weighted by Crippen LogP contribution is -2.37. The van der Waals surface area contributed by atoms with E-state index in [0.29, 0.717) is 22.9 Å². The van der Waals surface area contributed by atoms with Gasteiger partial charge in [-0.2, -0.15) is 4.31 Å². The molecule has 0 aliphatic carbocycles. The van der Waals surface area contributed by atoms with Crippen LogP contribution in [-0.4, -0.2) is 37.8 Å². The van der Waals surface area contributed by atoms with Crippen molar-refractivity contribution >= 4 is 39.2 Å². The topological polar surface area (TPSA) is 92.8 Å². The highest BCUT2D eigenvalue weighted by Gasteiger charge is 2.27. The van der Waals surface area contributed by atoms with E-state index in [4.69, 9.17) is 16.3 Å². The Morgan fingerprint density at radius 1 is 0.944 bits per heavy atom. The molecule has 0 spiro atoms. The van der Waals surface area contributed by atoms with Crippen LogP contribution >= 0.6 is 11.6 Å². The van der Waals surface area contributed by atoms with Gasteiger partial charge in [0.15, 0.2) is 0 Å². The summed E-state index contributed by atoms with van der Waals surface area (Å²) in [5.41, 5.74) is 2.60. The van der Waals surface area contributed by atoms with Gasteiger partial charge in [-0.15, -0.1) is 0 Å². The molecule has 3 aromatic carbocycles. The molecule has 0 unspecified atom stereocenters. The first-order valence-electron chi connectivity index (χ1n) is 11.6. The van der Waals surface area contributed by atoms with Gasteiger partial charge in [0.1, 0.15) is 0 Å². The van der Waals surface area contributed by atoms with Gasteiger partial charge in [-0.1, -0.05) is 54.8 Å². The van der Waals surface area contributed by atoms with Crippen molar-refractivity contribution in [2.45, 2.75) is 38.1 Å². The number of amides is 1. The largest absolute Gasteiger partial charge is 0.462 e. The Labute approximate surface area is 217 Å². The van der Waals surface area contributed by atoms with Crippen molar-refractivity contribution in [1.29, 1.82) is 0 Å². The summed E-state index contributed by atoms with van der Waals surface area (Å²) >= 11 is 5.92. The lowest BCUT2D eigenvalue weighted by atomic mass is 10.1. The van der Waals surface area contributed by atoms with Crippen LogP contribution in [0.1, 0.15) is 41.3 Å². The van der Waals surface area contributed by atoms with Gasteiger partial charge < -0.3 is 10.1 Å². The zero-order valence-electron chi connectivity index (χ0n) is 20.2. The van der Waals surface area contributed by atoms with Gasteiger partial charge >= 0.3 is 5.97 Å². The second-order valence-corrected chi connectivity index (χ2v) is 10.7. The standard InChI is InChI=1S/C27H29ClN2O5S/c1-3-4-17-35-27(32)22-9-13-24(14-10-22)29-26(31)19-30(18-21-7-5-20(2)6-8-21)36(33,34)25-15-11-23(28)12-16-25/h5-16H,3-4,17-19H2,1-2H3,(H,29,31). The van der Waals surface area contributed by atoms with Gasteiger partial charge in [0.25, 0.3) is 0 Å². The second kappa shape index (κ2) is 12.7. The number of halogens is 1. The predicted octanol–water partition coefficient (Wildman–Crippen LogP) is 5.43. The average molecular weight is 529 g/mol. The third-order valence-corrected chi connectivity index (χ3v) is 7.44. The van der Waals surface area contributed by atoms with Crippen LogP contribution in [0.5, 0.6) is 0 Å². The number of anilines is 1. The number of ether oxygens (including phenoxy) is 1. The number of benzene rings is 3. The summed E-state index contributed by atoms with van der Waals surface area (Å²) in [4.78, 5) is 25.0. The summed E-state index contributed by atoms with van der Waals surface area (Å²) in [7, 11) is -3.99. The minimum absolute atomic E-state index is 0.0151. The Hall–Kier alpha value is -3.20. The molecule has 0 bridgehead atoms. The van der Waals surface area contributed by atoms with E-state index >= 15 is 0 Å². The third-order valence-electron chi connectivity index (χ3n) is 5.39. The van der Waals surface area contributed by atoms with Gasteiger partial charge in [-0.05, 0) is 67.4 Å². The Morgan fingerprint density at radius 3 is 2.19 bits per heavy atom. The lowest BCUT2D eigenvalue weighted by molar-refractivity contribution is -0.116. The zero-order chi connectivity index (χ0) is 26.1. The molecule has 0 saturated heterocycles. The van der Waals surface area contributed by atoms with E-state index in [1.807, 2.05) is 38.1 Å². The van der Waals surface area contributed by atoms with E-state index in [0.717, 1.165) is 28.3 Å². The number of nitrogens with one attached hydrogen (secondary N) is 1. The number of unbranched alkanes of at least 4 members (excludes halogenated alkanes) is 1. The summed E-state index contributed by atoms with van der Waals surface area (Å²) in [5.74, 6) is -0.947. The molecule has 0 fully saturated rings. The number of sulfonamides is 1. The Balaban J connectivity index is 1.74. The molecule has 0 aromatic heterocycles. The van der Waals surface area contributed by atoms with Crippen LogP contribution in [0.25, 0.3) is 0 Å². The number of carbonyl (C=O) groups is 2. The van der Waals surface area contributed by atoms with E-state index in [2.05, 4.69) is 5.32 Å². The van der Waals surface area contributed by atoms with Crippen molar-refractivity contribution in [2.75, 3.05) is 18.5 Å². The van der Waals surface area contributed by atoms with Gasteiger partial charge in [0.2, 0.25) is 15.9 Å². The summed E-state index contributed by atoms with van der Waals surface area (Å²) in [6, 6.07) is 19.5. The molecule has 0 radical (unpaired) electrons. The molecule has 3 aromatic rings. The van der Waals surface area contributed by atoms with Gasteiger partial charge in [-0.3, -0.25) is 4.79 Å². The molecule has 9 heteroatoms. The van der Waals surface area contributed by atoms with Crippen molar-refractivity contribution in [3.05, 3.63) is 94.5 Å². The number of rotatable bonds is 11. The molecule has 3 rings (SSSR count). The Kier molecular flexibility index (Phi) is 9.64. The van der Waals surface area contributed by atoms with E-state index in [9.17, 15) is 18.0 Å². The average Bonchev–Trinajstić information content (AvgIpc) is 2.85. The SMILES string of the molecule is CCCCOC(=O)c1ccc(NC(=O)CN(Cc2ccc(C)cc2)S(=O)(=O)c2ccc(Cl)cc2)cc1. The smallest absolute Gasteiger partial charge is 0.338 e. The fraction of sp³-hybridized carbons (Fsp3) is 0.259. The Bertz CT molecular complexity index is 1280. The highest BCUT2D eigenvalue weighted by atomic mass is 35.5. The van der Waals surface area contributed by atoms with Crippen molar-refractivity contribution in [3.63, 3.8) is 0 Å². The summed E-state index contributed by atoms with van der Waals surface area (Å²) in [6.07, 6.45) is 1.71. The Morgan fingerprint density at radius 2 is 1.58 bits per heavy atom. The molecule has 1 N–H and O–H groups in total. The minimum atomic E-state index is -3.99. The van der Waals surface area contributed by atoms with Crippen molar-refractivity contribution in [1.82, 2.24) is 4.31 Å². The number of esters is 1. The molecule has 0 heterocycles. The van der Waals surface area contributed by atoms with Gasteiger partial charge in [0.05, 0.1) is 23.6 Å². The van der Waals surface area contributed by atoms with Crippen LogP contribution in [0, 0.1) is 6.92 Å². The van der Waals surface area contributed by atoms with E-state index in [1.165, 1.54) is 24.3 Å². The number of hydrogen-bond acceptors (Lipinski definition) is 5. The first kappa shape index (κ1) is 27.4. The maximum Gasteiger partial charge on any atom is 0.338 e. The molecular formula is C27H29ClN2O5S. The molecule has 0 saturated carbocycles. The van der Waals surface area contributed by atoms with Crippen LogP contribution in [0.4, 0.5) is 5.69 Å². The summed E-state index contributed by atoms with van der Waals surface area (Å²) in [6.45, 7) is 3.91. The minimum Gasteiger partial charge on any atom is -0.462 e. The van der Waals surface area contributed by atoms with Crippen LogP contribution in [0.15, 0.2) is 77.7 Å². The summed E-state index contributed by atoms with van der Waals surface area (Å²) in [5, 5.41) is 3.11. The fourth-order valence-electron chi connectivity index (χ4n) is 3.32. The molecule has 1 amide bonds. The first-order chi connectivity index (χ1) is 17.2. The first-order valence-corrected chi connectivity index (χ1v) is 13.4. The lowest BCUT2D eigenvalue weighted by Gasteiger charge is -2.22. The van der Waals surface area contributed by atoms with Gasteiger partial charge in [-0.25, -0.2) is 13.2 Å². The fourth-order valence-corrected chi connectivity index (χ4v) is 4.83. The molecular weight excluding hydrogens is 500 g/mol. The third kappa shape index (κ3) is 7.65. The highest BCUT2D eigenvalue weighted by Crippen LogP contribution is 2.21. The second-order valence-electron chi connectivity index (χ2n) is 8.33. The van der Waals surface area contributed by atoms with Crippen LogP contribution in [0.3, 0.4) is 0 Å². The maximum absolute atomic E-state index is 13.4. The van der Waals surface area contributed by atoms with Crippen LogP contribution in [0.2, 0.25) is 5.02 Å². The van der Waals surface area contributed by atoms with E-state index in [1.54, 1.807) is 24.3 Å².